The maximum Gasteiger partial charge on any atom is 0.337 e. The number of carboxylic acid groups (broad SMARTS) is 1. The number of rotatable bonds is 2. The molecular formula is C18H18N4O2. The van der Waals surface area contributed by atoms with E-state index in [0.29, 0.717) is 16.9 Å². The molecule has 0 aliphatic rings. The molecule has 8 N–H and O–H groups in total. The van der Waals surface area contributed by atoms with E-state index in [1.807, 2.05) is 24.3 Å². The van der Waals surface area contributed by atoms with Gasteiger partial charge in [0.1, 0.15) is 5.84 Å². The quantitative estimate of drug-likeness (QED) is 0.280. The van der Waals surface area contributed by atoms with Gasteiger partial charge in [-0.15, -0.1) is 0 Å². The lowest BCUT2D eigenvalue weighted by Gasteiger charge is -2.03. The van der Waals surface area contributed by atoms with Gasteiger partial charge >= 0.3 is 5.97 Å². The number of amidine groups is 1. The fraction of sp³-hybridized carbons (Fsp3) is 0. The summed E-state index contributed by atoms with van der Waals surface area (Å²) in [5.41, 5.74) is 18.1. The summed E-state index contributed by atoms with van der Waals surface area (Å²) >= 11 is 0. The van der Waals surface area contributed by atoms with Crippen LogP contribution in [-0.2, 0) is 0 Å². The number of hydrogen-bond donors (Lipinski definition) is 5. The minimum atomic E-state index is -0.992. The van der Waals surface area contributed by atoms with E-state index in [4.69, 9.17) is 27.7 Å². The van der Waals surface area contributed by atoms with Crippen molar-refractivity contribution in [1.29, 1.82) is 5.41 Å². The molecule has 0 saturated carbocycles. The minimum Gasteiger partial charge on any atom is -0.478 e. The number of fused-ring (bicyclic) bond motifs is 1. The van der Waals surface area contributed by atoms with Gasteiger partial charge in [-0.3, -0.25) is 5.41 Å². The molecule has 0 unspecified atom stereocenters. The molecular weight excluding hydrogens is 304 g/mol. The van der Waals surface area contributed by atoms with Crippen LogP contribution in [0.25, 0.3) is 10.8 Å². The van der Waals surface area contributed by atoms with Crippen LogP contribution in [0.1, 0.15) is 15.9 Å². The molecule has 0 amide bonds. The van der Waals surface area contributed by atoms with Crippen LogP contribution < -0.4 is 17.2 Å². The molecule has 0 aromatic heterocycles. The van der Waals surface area contributed by atoms with E-state index >= 15 is 0 Å². The SMILES string of the molecule is N=C(N)c1ccc(N)cc1.Nc1cc2ccccc2cc1C(=O)O. The zero-order chi connectivity index (χ0) is 17.7. The topological polar surface area (TPSA) is 139 Å². The normalized spacial score (nSPS) is 9.83. The average Bonchev–Trinajstić information content (AvgIpc) is 2.55. The Morgan fingerprint density at radius 3 is 1.96 bits per heavy atom. The summed E-state index contributed by atoms with van der Waals surface area (Å²) < 4.78 is 0. The number of hydrogen-bond acceptors (Lipinski definition) is 4. The monoisotopic (exact) mass is 322 g/mol. The summed E-state index contributed by atoms with van der Waals surface area (Å²) in [6.07, 6.45) is 0. The molecule has 6 heteroatoms. The van der Waals surface area contributed by atoms with Crippen molar-refractivity contribution in [2.75, 3.05) is 11.5 Å². The zero-order valence-corrected chi connectivity index (χ0v) is 12.9. The van der Waals surface area contributed by atoms with Crippen LogP contribution in [0.4, 0.5) is 11.4 Å². The van der Waals surface area contributed by atoms with Gasteiger partial charge < -0.3 is 22.3 Å². The standard InChI is InChI=1S/C11H9NO2.C7H9N3/c12-10-6-8-4-2-1-3-7(8)5-9(10)11(13)14;8-6-3-1-5(2-4-6)7(9)10/h1-6H,12H2,(H,13,14);1-4H,8H2,(H3,9,10). The van der Waals surface area contributed by atoms with Crippen molar-refractivity contribution >= 4 is 34.0 Å². The largest absolute Gasteiger partial charge is 0.478 e. The van der Waals surface area contributed by atoms with Crippen LogP contribution in [0.15, 0.2) is 60.7 Å². The van der Waals surface area contributed by atoms with E-state index < -0.39 is 5.97 Å². The highest BCUT2D eigenvalue weighted by Crippen LogP contribution is 2.21. The van der Waals surface area contributed by atoms with Crippen LogP contribution >= 0.6 is 0 Å². The molecule has 0 spiro atoms. The molecule has 0 saturated heterocycles. The van der Waals surface area contributed by atoms with Gasteiger partial charge in [0, 0.05) is 16.9 Å². The Bertz CT molecular complexity index is 889. The van der Waals surface area contributed by atoms with Gasteiger partial charge in [0.25, 0.3) is 0 Å². The molecule has 0 radical (unpaired) electrons. The molecule has 0 aliphatic heterocycles. The van der Waals surface area contributed by atoms with Gasteiger partial charge in [0.05, 0.1) is 5.56 Å². The van der Waals surface area contributed by atoms with E-state index in [1.54, 1.807) is 36.4 Å². The van der Waals surface area contributed by atoms with E-state index in [0.717, 1.165) is 10.8 Å². The van der Waals surface area contributed by atoms with Crippen LogP contribution in [0.2, 0.25) is 0 Å². The van der Waals surface area contributed by atoms with Crippen molar-refractivity contribution in [2.24, 2.45) is 5.73 Å². The first-order chi connectivity index (χ1) is 11.4. The predicted molar refractivity (Wildman–Crippen MR) is 97.2 cm³/mol. The van der Waals surface area contributed by atoms with Crippen molar-refractivity contribution in [2.45, 2.75) is 0 Å². The summed E-state index contributed by atoms with van der Waals surface area (Å²) in [4.78, 5) is 10.8. The third kappa shape index (κ3) is 4.01. The Morgan fingerprint density at radius 2 is 1.46 bits per heavy atom. The summed E-state index contributed by atoms with van der Waals surface area (Å²) in [6.45, 7) is 0. The highest BCUT2D eigenvalue weighted by atomic mass is 16.4. The van der Waals surface area contributed by atoms with E-state index in [1.165, 1.54) is 0 Å². The molecule has 3 aromatic rings. The highest BCUT2D eigenvalue weighted by molar-refractivity contribution is 6.00. The number of benzene rings is 3. The number of anilines is 2. The maximum atomic E-state index is 10.8. The van der Waals surface area contributed by atoms with E-state index in [9.17, 15) is 4.79 Å². The first-order valence-electron chi connectivity index (χ1n) is 7.10. The molecule has 3 aromatic carbocycles. The van der Waals surface area contributed by atoms with E-state index in [-0.39, 0.29) is 11.4 Å². The second-order valence-electron chi connectivity index (χ2n) is 5.13. The van der Waals surface area contributed by atoms with Crippen molar-refractivity contribution in [3.05, 3.63) is 71.8 Å². The van der Waals surface area contributed by atoms with Crippen molar-refractivity contribution < 1.29 is 9.90 Å². The molecule has 122 valence electrons. The number of nitrogens with two attached hydrogens (primary N) is 3. The Labute approximate surface area is 139 Å². The van der Waals surface area contributed by atoms with E-state index in [2.05, 4.69) is 0 Å². The first-order valence-corrected chi connectivity index (χ1v) is 7.10. The molecule has 6 nitrogen and oxygen atoms in total. The Hall–Kier alpha value is -3.54. The lowest BCUT2D eigenvalue weighted by molar-refractivity contribution is 0.0698. The summed E-state index contributed by atoms with van der Waals surface area (Å²) in [5.74, 6) is -0.923. The fourth-order valence-electron chi connectivity index (χ4n) is 2.11. The minimum absolute atomic E-state index is 0.0694. The lowest BCUT2D eigenvalue weighted by atomic mass is 10.1. The first kappa shape index (κ1) is 16.8. The van der Waals surface area contributed by atoms with Gasteiger partial charge in [-0.2, -0.15) is 0 Å². The number of aromatic carboxylic acids is 1. The average molecular weight is 322 g/mol. The molecule has 0 fully saturated rings. The molecule has 0 aliphatic carbocycles. The van der Waals surface area contributed by atoms with Crippen molar-refractivity contribution in [3.8, 4) is 0 Å². The summed E-state index contributed by atoms with van der Waals surface area (Å²) in [5, 5.41) is 17.7. The van der Waals surface area contributed by atoms with Gasteiger partial charge in [-0.05, 0) is 47.2 Å². The molecule has 0 atom stereocenters. The van der Waals surface area contributed by atoms with Gasteiger partial charge in [-0.25, -0.2) is 4.79 Å². The second-order valence-corrected chi connectivity index (χ2v) is 5.13. The Morgan fingerprint density at radius 1 is 0.917 bits per heavy atom. The molecule has 0 bridgehead atoms. The number of carboxylic acids is 1. The van der Waals surface area contributed by atoms with Crippen molar-refractivity contribution in [1.82, 2.24) is 0 Å². The smallest absolute Gasteiger partial charge is 0.337 e. The van der Waals surface area contributed by atoms with Crippen molar-refractivity contribution in [3.63, 3.8) is 0 Å². The Balaban J connectivity index is 0.000000185. The predicted octanol–water partition coefficient (Wildman–Crippen LogP) is 2.67. The number of carbonyl (C=O) groups is 1. The van der Waals surface area contributed by atoms with Crippen LogP contribution in [0.5, 0.6) is 0 Å². The number of nitrogen functional groups attached to an aromatic ring is 3. The lowest BCUT2D eigenvalue weighted by Crippen LogP contribution is -2.10. The third-order valence-corrected chi connectivity index (χ3v) is 3.37. The van der Waals surface area contributed by atoms with Gasteiger partial charge in [-0.1, -0.05) is 24.3 Å². The highest BCUT2D eigenvalue weighted by Gasteiger charge is 2.08. The molecule has 3 rings (SSSR count). The van der Waals surface area contributed by atoms with Crippen LogP contribution in [0, 0.1) is 5.41 Å². The number of nitrogens with one attached hydrogen (secondary N) is 1. The van der Waals surface area contributed by atoms with Crippen LogP contribution in [-0.4, -0.2) is 16.9 Å². The molecule has 24 heavy (non-hydrogen) atoms. The summed E-state index contributed by atoms with van der Waals surface area (Å²) in [6, 6.07) is 17.7. The molecule has 0 heterocycles. The van der Waals surface area contributed by atoms with Gasteiger partial charge in [0.2, 0.25) is 0 Å². The zero-order valence-electron chi connectivity index (χ0n) is 12.9. The third-order valence-electron chi connectivity index (χ3n) is 3.37. The maximum absolute atomic E-state index is 10.8. The fourth-order valence-corrected chi connectivity index (χ4v) is 2.11. The van der Waals surface area contributed by atoms with Crippen LogP contribution in [0.3, 0.4) is 0 Å². The summed E-state index contributed by atoms with van der Waals surface area (Å²) in [7, 11) is 0. The van der Waals surface area contributed by atoms with Gasteiger partial charge in [0.15, 0.2) is 0 Å². The second kappa shape index (κ2) is 7.15. The Kier molecular flexibility index (Phi) is 5.01.